The summed E-state index contributed by atoms with van der Waals surface area (Å²) in [5.41, 5.74) is 0.552. The first-order valence-corrected chi connectivity index (χ1v) is 8.76. The van der Waals surface area contributed by atoms with Crippen LogP contribution in [0.3, 0.4) is 0 Å². The minimum atomic E-state index is -3.74. The molecule has 0 fully saturated rings. The summed E-state index contributed by atoms with van der Waals surface area (Å²) in [7, 11) is -1.27. The fourth-order valence-electron chi connectivity index (χ4n) is 2.10. The minimum absolute atomic E-state index is 0.285. The third-order valence-electron chi connectivity index (χ3n) is 3.25. The number of hydrogen-bond donors (Lipinski definition) is 0. The van der Waals surface area contributed by atoms with Crippen LogP contribution in [0.25, 0.3) is 16.8 Å². The van der Waals surface area contributed by atoms with E-state index >= 15 is 0 Å². The number of ether oxygens (including phenoxy) is 1. The highest BCUT2D eigenvalue weighted by atomic mass is 31.2. The van der Waals surface area contributed by atoms with E-state index < -0.39 is 13.8 Å². The Morgan fingerprint density at radius 2 is 1.83 bits per heavy atom. The quantitative estimate of drug-likeness (QED) is 0.423. The van der Waals surface area contributed by atoms with Gasteiger partial charge < -0.3 is 9.26 Å². The van der Waals surface area contributed by atoms with Crippen LogP contribution in [0.4, 0.5) is 0 Å². The molecule has 6 nitrogen and oxygen atoms in total. The van der Waals surface area contributed by atoms with Crippen molar-refractivity contribution in [2.45, 2.75) is 6.92 Å². The Bertz CT molecular complexity index is 791. The van der Waals surface area contributed by atoms with Crippen molar-refractivity contribution < 1.29 is 27.7 Å². The molecule has 7 heteroatoms. The van der Waals surface area contributed by atoms with Gasteiger partial charge in [0.05, 0.1) is 6.61 Å². The van der Waals surface area contributed by atoms with Crippen molar-refractivity contribution in [1.82, 2.24) is 0 Å². The normalized spacial score (nSPS) is 11.8. The first-order valence-electron chi connectivity index (χ1n) is 7.30. The van der Waals surface area contributed by atoms with Crippen LogP contribution in [0.1, 0.15) is 12.5 Å². The monoisotopic (exact) mass is 350 g/mol. The Hall–Kier alpha value is -2.14. The van der Waals surface area contributed by atoms with Crippen molar-refractivity contribution >= 4 is 30.6 Å². The molecule has 2 rings (SSSR count). The van der Waals surface area contributed by atoms with E-state index in [4.69, 9.17) is 18.3 Å². The van der Waals surface area contributed by atoms with Crippen LogP contribution >= 0.6 is 7.82 Å². The summed E-state index contributed by atoms with van der Waals surface area (Å²) in [5, 5.41) is 1.61. The predicted molar refractivity (Wildman–Crippen MR) is 91.9 cm³/mol. The van der Waals surface area contributed by atoms with Crippen LogP contribution in [0.5, 0.6) is 5.75 Å². The molecule has 0 radical (unpaired) electrons. The number of fused-ring (bicyclic) bond motifs is 1. The zero-order valence-electron chi connectivity index (χ0n) is 13.7. The molecule has 2 aromatic rings. The summed E-state index contributed by atoms with van der Waals surface area (Å²) in [6.07, 6.45) is 2.82. The van der Waals surface area contributed by atoms with Gasteiger partial charge in [-0.3, -0.25) is 9.05 Å². The smallest absolute Gasteiger partial charge is 0.463 e. The average molecular weight is 350 g/mol. The molecule has 2 aromatic carbocycles. The molecule has 0 aliphatic carbocycles. The first kappa shape index (κ1) is 18.2. The van der Waals surface area contributed by atoms with Crippen LogP contribution < -0.4 is 4.52 Å². The summed E-state index contributed by atoms with van der Waals surface area (Å²) in [6.45, 7) is 2.01. The summed E-state index contributed by atoms with van der Waals surface area (Å²) < 4.78 is 32.5. The molecule has 0 amide bonds. The van der Waals surface area contributed by atoms with Crippen LogP contribution in [0, 0.1) is 0 Å². The van der Waals surface area contributed by atoms with Crippen molar-refractivity contribution in [3.63, 3.8) is 0 Å². The van der Waals surface area contributed by atoms with Crippen molar-refractivity contribution in [2.75, 3.05) is 20.8 Å². The SMILES string of the molecule is CCOC(=O)/C=C\c1ccc2ccccc2c1OP(=O)(OC)OC. The maximum absolute atomic E-state index is 12.4. The lowest BCUT2D eigenvalue weighted by atomic mass is 10.1. The Balaban J connectivity index is 2.52. The van der Waals surface area contributed by atoms with E-state index in [9.17, 15) is 9.36 Å². The number of rotatable bonds is 7. The summed E-state index contributed by atoms with van der Waals surface area (Å²) in [4.78, 5) is 11.5. The molecule has 0 aliphatic rings. The van der Waals surface area contributed by atoms with Gasteiger partial charge in [0.1, 0.15) is 5.75 Å². The van der Waals surface area contributed by atoms with Crippen LogP contribution in [0.15, 0.2) is 42.5 Å². The highest BCUT2D eigenvalue weighted by Gasteiger charge is 2.26. The van der Waals surface area contributed by atoms with E-state index in [1.54, 1.807) is 13.0 Å². The molecule has 0 unspecified atom stereocenters. The third-order valence-corrected chi connectivity index (χ3v) is 4.55. The molecule has 0 bridgehead atoms. The molecule has 0 aliphatic heterocycles. The van der Waals surface area contributed by atoms with Gasteiger partial charge in [0.2, 0.25) is 0 Å². The topological polar surface area (TPSA) is 71.1 Å². The number of benzene rings is 2. The van der Waals surface area contributed by atoms with Gasteiger partial charge in [-0.05, 0) is 18.4 Å². The first-order chi connectivity index (χ1) is 11.5. The van der Waals surface area contributed by atoms with Gasteiger partial charge in [-0.15, -0.1) is 0 Å². The van der Waals surface area contributed by atoms with Gasteiger partial charge in [0.25, 0.3) is 0 Å². The summed E-state index contributed by atoms with van der Waals surface area (Å²) in [6, 6.07) is 11.1. The molecule has 0 aromatic heterocycles. The van der Waals surface area contributed by atoms with E-state index in [-0.39, 0.29) is 6.61 Å². The number of carbonyl (C=O) groups is 1. The number of phosphoric ester groups is 1. The van der Waals surface area contributed by atoms with Gasteiger partial charge in [0.15, 0.2) is 0 Å². The Morgan fingerprint density at radius 1 is 1.12 bits per heavy atom. The fraction of sp³-hybridized carbons (Fsp3) is 0.235. The standard InChI is InChI=1S/C17H19O6P/c1-4-22-16(18)12-11-14-10-9-13-7-5-6-8-15(13)17(14)23-24(19,20-2)21-3/h5-12H,4H2,1-3H3/b12-11-. The molecule has 24 heavy (non-hydrogen) atoms. The van der Waals surface area contributed by atoms with Crippen LogP contribution in [-0.4, -0.2) is 26.8 Å². The molecule has 0 spiro atoms. The van der Waals surface area contributed by atoms with Crippen molar-refractivity contribution in [3.05, 3.63) is 48.0 Å². The molecule has 0 heterocycles. The number of hydrogen-bond acceptors (Lipinski definition) is 6. The minimum Gasteiger partial charge on any atom is -0.463 e. The zero-order valence-corrected chi connectivity index (χ0v) is 14.6. The van der Waals surface area contributed by atoms with E-state index in [1.807, 2.05) is 30.3 Å². The second-order valence-electron chi connectivity index (χ2n) is 4.69. The average Bonchev–Trinajstić information content (AvgIpc) is 2.61. The molecule has 0 atom stereocenters. The third kappa shape index (κ3) is 4.23. The van der Waals surface area contributed by atoms with E-state index in [2.05, 4.69) is 0 Å². The predicted octanol–water partition coefficient (Wildman–Crippen LogP) is 4.20. The Morgan fingerprint density at radius 3 is 2.50 bits per heavy atom. The number of phosphoric acid groups is 1. The van der Waals surface area contributed by atoms with Crippen LogP contribution in [0.2, 0.25) is 0 Å². The molecule has 0 saturated heterocycles. The van der Waals surface area contributed by atoms with Gasteiger partial charge in [0, 0.05) is 31.2 Å². The maximum atomic E-state index is 12.4. The lowest BCUT2D eigenvalue weighted by Gasteiger charge is -2.17. The second kappa shape index (κ2) is 8.11. The molecule has 0 saturated carbocycles. The molecular formula is C17H19O6P. The van der Waals surface area contributed by atoms with Crippen molar-refractivity contribution in [3.8, 4) is 5.75 Å². The van der Waals surface area contributed by atoms with Gasteiger partial charge in [-0.25, -0.2) is 9.36 Å². The Kier molecular flexibility index (Phi) is 6.15. The van der Waals surface area contributed by atoms with E-state index in [0.717, 1.165) is 10.8 Å². The second-order valence-corrected chi connectivity index (χ2v) is 6.50. The Labute approximate surface area is 140 Å². The molecular weight excluding hydrogens is 331 g/mol. The lowest BCUT2D eigenvalue weighted by molar-refractivity contribution is -0.137. The zero-order chi connectivity index (χ0) is 17.6. The lowest BCUT2D eigenvalue weighted by Crippen LogP contribution is -2.00. The van der Waals surface area contributed by atoms with Crippen molar-refractivity contribution in [2.24, 2.45) is 0 Å². The maximum Gasteiger partial charge on any atom is 0.529 e. The number of esters is 1. The highest BCUT2D eigenvalue weighted by Crippen LogP contribution is 2.50. The van der Waals surface area contributed by atoms with Gasteiger partial charge in [-0.1, -0.05) is 36.4 Å². The van der Waals surface area contributed by atoms with E-state index in [0.29, 0.717) is 11.3 Å². The largest absolute Gasteiger partial charge is 0.529 e. The van der Waals surface area contributed by atoms with Crippen molar-refractivity contribution in [1.29, 1.82) is 0 Å². The van der Waals surface area contributed by atoms with Gasteiger partial charge in [-0.2, -0.15) is 0 Å². The van der Waals surface area contributed by atoms with Crippen LogP contribution in [-0.2, 0) is 23.1 Å². The highest BCUT2D eigenvalue weighted by molar-refractivity contribution is 7.48. The van der Waals surface area contributed by atoms with E-state index in [1.165, 1.54) is 26.4 Å². The van der Waals surface area contributed by atoms with Gasteiger partial charge >= 0.3 is 13.8 Å². The number of carbonyl (C=O) groups excluding carboxylic acids is 1. The molecule has 0 N–H and O–H groups in total. The fourth-order valence-corrected chi connectivity index (χ4v) is 2.83. The summed E-state index contributed by atoms with van der Waals surface area (Å²) in [5.74, 6) is -0.168. The molecule has 128 valence electrons. The summed E-state index contributed by atoms with van der Waals surface area (Å²) >= 11 is 0.